The van der Waals surface area contributed by atoms with Crippen molar-refractivity contribution in [1.82, 2.24) is 9.29 Å². The van der Waals surface area contributed by atoms with Crippen LogP contribution in [-0.2, 0) is 19.6 Å². The number of carbonyl (C=O) groups is 2. The molecule has 0 radical (unpaired) electrons. The van der Waals surface area contributed by atoms with Crippen LogP contribution in [0.1, 0.15) is 29.8 Å². The Morgan fingerprint density at radius 1 is 1.19 bits per heavy atom. The zero-order valence-electron chi connectivity index (χ0n) is 16.9. The number of sulfonamides is 1. The average Bonchev–Trinajstić information content (AvgIpc) is 3.26. The van der Waals surface area contributed by atoms with E-state index in [2.05, 4.69) is 22.2 Å². The Hall–Kier alpha value is -2.76. The van der Waals surface area contributed by atoms with E-state index in [4.69, 9.17) is 4.74 Å². The van der Waals surface area contributed by atoms with Crippen LogP contribution in [-0.4, -0.2) is 55.8 Å². The van der Waals surface area contributed by atoms with Crippen molar-refractivity contribution in [3.05, 3.63) is 48.0 Å². The van der Waals surface area contributed by atoms with E-state index < -0.39 is 28.5 Å². The van der Waals surface area contributed by atoms with Crippen LogP contribution < -0.4 is 10.6 Å². The number of esters is 1. The fourth-order valence-corrected chi connectivity index (χ4v) is 5.18. The van der Waals surface area contributed by atoms with Crippen molar-refractivity contribution in [1.29, 1.82) is 0 Å². The highest BCUT2D eigenvalue weighted by Gasteiger charge is 2.25. The quantitative estimate of drug-likeness (QED) is 0.433. The molecule has 0 aliphatic carbocycles. The minimum absolute atomic E-state index is 0.108. The zero-order valence-corrected chi connectivity index (χ0v) is 18.5. The summed E-state index contributed by atoms with van der Waals surface area (Å²) in [7, 11) is -3.53. The van der Waals surface area contributed by atoms with E-state index in [1.807, 2.05) is 0 Å². The fourth-order valence-electron chi connectivity index (χ4n) is 2.97. The molecule has 1 fully saturated rings. The molecule has 0 bridgehead atoms. The molecule has 0 atom stereocenters. The number of hydrogen-bond acceptors (Lipinski definition) is 8. The monoisotopic (exact) mass is 464 g/mol. The van der Waals surface area contributed by atoms with Gasteiger partial charge in [0, 0.05) is 30.7 Å². The number of hydrogen-bond donors (Lipinski definition) is 2. The zero-order chi connectivity index (χ0) is 22.3. The van der Waals surface area contributed by atoms with Gasteiger partial charge in [0.25, 0.3) is 5.91 Å². The first-order valence-electron chi connectivity index (χ1n) is 9.77. The lowest BCUT2D eigenvalue weighted by molar-refractivity contribution is -0.119. The van der Waals surface area contributed by atoms with E-state index in [0.29, 0.717) is 30.5 Å². The van der Waals surface area contributed by atoms with Gasteiger partial charge in [0.2, 0.25) is 10.0 Å². The van der Waals surface area contributed by atoms with E-state index in [1.54, 1.807) is 6.08 Å². The van der Waals surface area contributed by atoms with Gasteiger partial charge in [-0.3, -0.25) is 4.79 Å². The molecule has 0 unspecified atom stereocenters. The highest BCUT2D eigenvalue weighted by Crippen LogP contribution is 2.22. The molecule has 2 heterocycles. The predicted molar refractivity (Wildman–Crippen MR) is 119 cm³/mol. The SMILES string of the molecule is C=CCNc1nc(C(=O)OCC(=O)Nc2ccc(S(=O)(=O)N3CCCCC3)cc2)cs1. The molecule has 31 heavy (non-hydrogen) atoms. The topological polar surface area (TPSA) is 118 Å². The van der Waals surface area contributed by atoms with E-state index in [9.17, 15) is 18.0 Å². The molecule has 1 amide bonds. The Morgan fingerprint density at radius 2 is 1.90 bits per heavy atom. The molecule has 1 aliphatic heterocycles. The number of nitrogens with zero attached hydrogens (tertiary/aromatic N) is 2. The molecule has 1 aromatic carbocycles. The van der Waals surface area contributed by atoms with Gasteiger partial charge in [-0.05, 0) is 37.1 Å². The normalized spacial score (nSPS) is 14.6. The van der Waals surface area contributed by atoms with E-state index >= 15 is 0 Å². The Bertz CT molecular complexity index is 1030. The van der Waals surface area contributed by atoms with Crippen molar-refractivity contribution in [2.24, 2.45) is 0 Å². The van der Waals surface area contributed by atoms with Gasteiger partial charge in [-0.25, -0.2) is 18.2 Å². The van der Waals surface area contributed by atoms with Crippen LogP contribution in [0.5, 0.6) is 0 Å². The largest absolute Gasteiger partial charge is 0.451 e. The summed E-state index contributed by atoms with van der Waals surface area (Å²) in [6, 6.07) is 5.93. The van der Waals surface area contributed by atoms with Crippen LogP contribution in [0.3, 0.4) is 0 Å². The lowest BCUT2D eigenvalue weighted by atomic mass is 10.2. The summed E-state index contributed by atoms with van der Waals surface area (Å²) in [5, 5.41) is 7.62. The molecule has 166 valence electrons. The minimum Gasteiger partial charge on any atom is -0.451 e. The van der Waals surface area contributed by atoms with Crippen molar-refractivity contribution in [2.75, 3.05) is 36.9 Å². The molecule has 0 spiro atoms. The Kier molecular flexibility index (Phi) is 7.77. The standard InChI is InChI=1S/C20H24N4O5S2/c1-2-10-21-20-23-17(14-30-20)19(26)29-13-18(25)22-15-6-8-16(9-7-15)31(27,28)24-11-4-3-5-12-24/h2,6-9,14H,1,3-5,10-13H2,(H,21,23)(H,22,25). The van der Waals surface area contributed by atoms with Gasteiger partial charge in [0.05, 0.1) is 4.90 Å². The van der Waals surface area contributed by atoms with Crippen LogP contribution >= 0.6 is 11.3 Å². The van der Waals surface area contributed by atoms with Gasteiger partial charge in [-0.2, -0.15) is 4.31 Å². The number of aromatic nitrogens is 1. The molecule has 1 saturated heterocycles. The van der Waals surface area contributed by atoms with Gasteiger partial charge < -0.3 is 15.4 Å². The third kappa shape index (κ3) is 6.12. The van der Waals surface area contributed by atoms with Crippen molar-refractivity contribution < 1.29 is 22.7 Å². The predicted octanol–water partition coefficient (Wildman–Crippen LogP) is 2.71. The smallest absolute Gasteiger partial charge is 0.358 e. The molecule has 2 aromatic rings. The highest BCUT2D eigenvalue weighted by atomic mass is 32.2. The maximum Gasteiger partial charge on any atom is 0.358 e. The maximum atomic E-state index is 12.7. The summed E-state index contributed by atoms with van der Waals surface area (Å²) in [5.41, 5.74) is 0.514. The minimum atomic E-state index is -3.53. The lowest BCUT2D eigenvalue weighted by Crippen LogP contribution is -2.35. The second kappa shape index (κ2) is 10.5. The fraction of sp³-hybridized carbons (Fsp3) is 0.350. The second-order valence-electron chi connectivity index (χ2n) is 6.82. The third-order valence-electron chi connectivity index (χ3n) is 4.54. The summed E-state index contributed by atoms with van der Waals surface area (Å²) >= 11 is 1.24. The Labute approximate surface area is 185 Å². The molecule has 9 nitrogen and oxygen atoms in total. The second-order valence-corrected chi connectivity index (χ2v) is 9.62. The molecule has 11 heteroatoms. The number of anilines is 2. The van der Waals surface area contributed by atoms with Gasteiger partial charge in [0.1, 0.15) is 0 Å². The van der Waals surface area contributed by atoms with Crippen LogP contribution in [0.25, 0.3) is 0 Å². The van der Waals surface area contributed by atoms with Crippen LogP contribution in [0, 0.1) is 0 Å². The summed E-state index contributed by atoms with van der Waals surface area (Å²) in [5.74, 6) is -1.25. The molecule has 3 rings (SSSR count). The summed E-state index contributed by atoms with van der Waals surface area (Å²) in [4.78, 5) is 28.3. The summed E-state index contributed by atoms with van der Waals surface area (Å²) in [6.45, 7) is 4.66. The van der Waals surface area contributed by atoms with Crippen LogP contribution in [0.15, 0.2) is 47.2 Å². The van der Waals surface area contributed by atoms with E-state index in [0.717, 1.165) is 19.3 Å². The van der Waals surface area contributed by atoms with Crippen LogP contribution in [0.2, 0.25) is 0 Å². The number of thiazole rings is 1. The molecule has 1 aromatic heterocycles. The molecular weight excluding hydrogens is 440 g/mol. The average molecular weight is 465 g/mol. The van der Waals surface area contributed by atoms with E-state index in [-0.39, 0.29) is 10.6 Å². The van der Waals surface area contributed by atoms with Gasteiger partial charge >= 0.3 is 5.97 Å². The molecule has 1 aliphatic rings. The van der Waals surface area contributed by atoms with Gasteiger partial charge in [-0.1, -0.05) is 12.5 Å². The highest BCUT2D eigenvalue weighted by molar-refractivity contribution is 7.89. The van der Waals surface area contributed by atoms with Gasteiger partial charge in [-0.15, -0.1) is 17.9 Å². The number of carbonyl (C=O) groups excluding carboxylic acids is 2. The van der Waals surface area contributed by atoms with Crippen molar-refractivity contribution >= 4 is 44.1 Å². The third-order valence-corrected chi connectivity index (χ3v) is 7.25. The van der Waals surface area contributed by atoms with Gasteiger partial charge in [0.15, 0.2) is 17.4 Å². The number of rotatable bonds is 9. The van der Waals surface area contributed by atoms with Crippen molar-refractivity contribution in [3.63, 3.8) is 0 Å². The number of amides is 1. The number of ether oxygens (including phenoxy) is 1. The Balaban J connectivity index is 1.50. The first-order valence-corrected chi connectivity index (χ1v) is 12.1. The first kappa shape index (κ1) is 22.9. The number of benzene rings is 1. The van der Waals surface area contributed by atoms with Crippen LogP contribution in [0.4, 0.5) is 10.8 Å². The van der Waals surface area contributed by atoms with E-state index in [1.165, 1.54) is 45.3 Å². The molecular formula is C20H24N4O5S2. The molecule has 2 N–H and O–H groups in total. The van der Waals surface area contributed by atoms with Crippen molar-refractivity contribution in [3.8, 4) is 0 Å². The lowest BCUT2D eigenvalue weighted by Gasteiger charge is -2.25. The number of piperidine rings is 1. The summed E-state index contributed by atoms with van der Waals surface area (Å²) < 4.78 is 31.8. The molecule has 0 saturated carbocycles. The summed E-state index contributed by atoms with van der Waals surface area (Å²) in [6.07, 6.45) is 4.43. The number of nitrogens with one attached hydrogen (secondary N) is 2. The Morgan fingerprint density at radius 3 is 2.58 bits per heavy atom. The first-order chi connectivity index (χ1) is 14.9. The van der Waals surface area contributed by atoms with Crippen molar-refractivity contribution in [2.45, 2.75) is 24.2 Å². The maximum absolute atomic E-state index is 12.7.